The van der Waals surface area contributed by atoms with E-state index in [1.165, 1.54) is 12.8 Å². The molecule has 0 aliphatic carbocycles. The minimum Gasteiger partial charge on any atom is -0.341 e. The lowest BCUT2D eigenvalue weighted by Gasteiger charge is -2.07. The topological polar surface area (TPSA) is 107 Å². The van der Waals surface area contributed by atoms with E-state index >= 15 is 0 Å². The lowest BCUT2D eigenvalue weighted by molar-refractivity contribution is 0.613. The highest BCUT2D eigenvalue weighted by Crippen LogP contribution is 2.29. The quantitative estimate of drug-likeness (QED) is 0.287. The number of pyridine rings is 2. The summed E-state index contributed by atoms with van der Waals surface area (Å²) in [5, 5.41) is 8.07. The van der Waals surface area contributed by atoms with Crippen molar-refractivity contribution in [2.45, 2.75) is 37.8 Å². The second-order valence-corrected chi connectivity index (χ2v) is 9.73. The zero-order valence-electron chi connectivity index (χ0n) is 20.0. The highest BCUT2D eigenvalue weighted by Gasteiger charge is 2.20. The first-order valence-electron chi connectivity index (χ1n) is 12.7. The molecule has 180 valence electrons. The third-order valence-corrected chi connectivity index (χ3v) is 7.34. The summed E-state index contributed by atoms with van der Waals surface area (Å²) in [6, 6.07) is 13.3. The fourth-order valence-corrected chi connectivity index (χ4v) is 5.31. The molecule has 0 amide bonds. The summed E-state index contributed by atoms with van der Waals surface area (Å²) in [5.41, 5.74) is 6.99. The SMILES string of the molecule is c1cc2cc(-c3cnc([C@@H]4CCCN4)[nH]3)cnc2cc1-c1ccc(-c2cnc([C@@H]3CCCN3)[nH]2)cn1. The fraction of sp³-hybridized carbons (Fsp3) is 0.286. The van der Waals surface area contributed by atoms with Gasteiger partial charge in [0.05, 0.1) is 47.1 Å². The first-order chi connectivity index (χ1) is 17.8. The van der Waals surface area contributed by atoms with Crippen LogP contribution in [0.25, 0.3) is 44.7 Å². The van der Waals surface area contributed by atoms with Gasteiger partial charge in [-0.15, -0.1) is 0 Å². The Morgan fingerprint density at radius 1 is 0.611 bits per heavy atom. The summed E-state index contributed by atoms with van der Waals surface area (Å²) in [7, 11) is 0. The lowest BCUT2D eigenvalue weighted by Crippen LogP contribution is -2.14. The van der Waals surface area contributed by atoms with Crippen molar-refractivity contribution >= 4 is 10.9 Å². The van der Waals surface area contributed by atoms with Crippen LogP contribution in [0.3, 0.4) is 0 Å². The number of aromatic nitrogens is 6. The van der Waals surface area contributed by atoms with Gasteiger partial charge in [-0.05, 0) is 63.0 Å². The zero-order chi connectivity index (χ0) is 23.9. The monoisotopic (exact) mass is 476 g/mol. The minimum absolute atomic E-state index is 0.327. The molecule has 2 saturated heterocycles. The van der Waals surface area contributed by atoms with Crippen molar-refractivity contribution in [3.63, 3.8) is 0 Å². The van der Waals surface area contributed by atoms with Crippen molar-refractivity contribution in [2.24, 2.45) is 0 Å². The summed E-state index contributed by atoms with van der Waals surface area (Å²) in [5.74, 6) is 2.02. The number of nitrogens with one attached hydrogen (secondary N) is 4. The van der Waals surface area contributed by atoms with E-state index in [9.17, 15) is 0 Å². The molecule has 2 atom stereocenters. The summed E-state index contributed by atoms with van der Waals surface area (Å²) in [6.45, 7) is 2.11. The molecule has 0 spiro atoms. The second-order valence-electron chi connectivity index (χ2n) is 9.73. The predicted molar refractivity (Wildman–Crippen MR) is 140 cm³/mol. The average molecular weight is 477 g/mol. The molecular weight excluding hydrogens is 448 g/mol. The molecule has 6 heterocycles. The molecule has 7 rings (SSSR count). The highest BCUT2D eigenvalue weighted by molar-refractivity contribution is 5.86. The summed E-state index contributed by atoms with van der Waals surface area (Å²) in [4.78, 5) is 25.6. The molecule has 8 nitrogen and oxygen atoms in total. The standard InChI is InChI=1S/C28H28N8/c1-3-22(29-9-1)27-33-15-25(35-27)19-7-8-21(31-13-19)18-6-5-17-11-20(14-32-24(17)12-18)26-16-34-28(36-26)23-4-2-10-30-23/h5-8,11-16,22-23,29-30H,1-4,9-10H2,(H,33,35)(H,34,36)/t22-,23-/m0/s1. The number of imidazole rings is 2. The Bertz CT molecular complexity index is 1500. The van der Waals surface area contributed by atoms with Crippen molar-refractivity contribution in [2.75, 3.05) is 13.1 Å². The van der Waals surface area contributed by atoms with Crippen LogP contribution in [-0.2, 0) is 0 Å². The number of nitrogens with zero attached hydrogens (tertiary/aromatic N) is 4. The molecule has 0 saturated carbocycles. The predicted octanol–water partition coefficient (Wildman–Crippen LogP) is 4.93. The Hall–Kier alpha value is -3.88. The van der Waals surface area contributed by atoms with Crippen LogP contribution in [0.5, 0.6) is 0 Å². The van der Waals surface area contributed by atoms with Gasteiger partial charge in [-0.3, -0.25) is 9.97 Å². The molecule has 8 heteroatoms. The number of rotatable bonds is 5. The maximum Gasteiger partial charge on any atom is 0.123 e. The summed E-state index contributed by atoms with van der Waals surface area (Å²) < 4.78 is 0. The van der Waals surface area contributed by atoms with Crippen molar-refractivity contribution in [3.8, 4) is 33.8 Å². The fourth-order valence-electron chi connectivity index (χ4n) is 5.31. The van der Waals surface area contributed by atoms with Crippen molar-refractivity contribution in [3.05, 3.63) is 72.8 Å². The lowest BCUT2D eigenvalue weighted by atomic mass is 10.1. The number of H-pyrrole nitrogens is 2. The average Bonchev–Trinajstić information content (AvgIpc) is 3.75. The summed E-state index contributed by atoms with van der Waals surface area (Å²) >= 11 is 0. The molecule has 2 aliphatic heterocycles. The minimum atomic E-state index is 0.327. The Morgan fingerprint density at radius 2 is 1.28 bits per heavy atom. The van der Waals surface area contributed by atoms with Gasteiger partial charge in [0.15, 0.2) is 0 Å². The van der Waals surface area contributed by atoms with Gasteiger partial charge in [-0.2, -0.15) is 0 Å². The van der Waals surface area contributed by atoms with Crippen LogP contribution in [-0.4, -0.2) is 43.0 Å². The molecule has 0 unspecified atom stereocenters. The first-order valence-corrected chi connectivity index (χ1v) is 12.7. The molecule has 2 aliphatic rings. The van der Waals surface area contributed by atoms with Crippen molar-refractivity contribution < 1.29 is 0 Å². The smallest absolute Gasteiger partial charge is 0.123 e. The van der Waals surface area contributed by atoms with Gasteiger partial charge >= 0.3 is 0 Å². The van der Waals surface area contributed by atoms with Gasteiger partial charge in [0.2, 0.25) is 0 Å². The van der Waals surface area contributed by atoms with E-state index in [0.717, 1.165) is 82.3 Å². The van der Waals surface area contributed by atoms with E-state index in [4.69, 9.17) is 9.97 Å². The third kappa shape index (κ3) is 3.98. The Labute approximate surface area is 209 Å². The highest BCUT2D eigenvalue weighted by atomic mass is 15.0. The Morgan fingerprint density at radius 3 is 1.92 bits per heavy atom. The molecule has 0 radical (unpaired) electrons. The van der Waals surface area contributed by atoms with Crippen LogP contribution < -0.4 is 10.6 Å². The molecular formula is C28H28N8. The largest absolute Gasteiger partial charge is 0.341 e. The number of benzene rings is 1. The van der Waals surface area contributed by atoms with Crippen LogP contribution in [0.1, 0.15) is 49.4 Å². The molecule has 2 fully saturated rings. The van der Waals surface area contributed by atoms with Gasteiger partial charge < -0.3 is 20.6 Å². The first kappa shape index (κ1) is 21.4. The van der Waals surface area contributed by atoms with Crippen LogP contribution in [0.4, 0.5) is 0 Å². The second kappa shape index (κ2) is 8.96. The van der Waals surface area contributed by atoms with E-state index in [1.54, 1.807) is 0 Å². The summed E-state index contributed by atoms with van der Waals surface area (Å²) in [6.07, 6.45) is 12.3. The van der Waals surface area contributed by atoms with E-state index < -0.39 is 0 Å². The Kier molecular flexibility index (Phi) is 5.33. The third-order valence-electron chi connectivity index (χ3n) is 7.34. The molecule has 0 bridgehead atoms. The number of hydrogen-bond acceptors (Lipinski definition) is 6. The molecule has 1 aromatic carbocycles. The van der Waals surface area contributed by atoms with E-state index in [-0.39, 0.29) is 0 Å². The van der Waals surface area contributed by atoms with Gasteiger partial charge in [-0.1, -0.05) is 12.1 Å². The Balaban J connectivity index is 1.11. The van der Waals surface area contributed by atoms with Gasteiger partial charge in [0, 0.05) is 34.5 Å². The van der Waals surface area contributed by atoms with Crippen molar-refractivity contribution in [1.29, 1.82) is 0 Å². The number of fused-ring (bicyclic) bond motifs is 1. The van der Waals surface area contributed by atoms with Crippen LogP contribution >= 0.6 is 0 Å². The van der Waals surface area contributed by atoms with E-state index in [2.05, 4.69) is 67.0 Å². The maximum atomic E-state index is 4.75. The van der Waals surface area contributed by atoms with Crippen molar-refractivity contribution in [1.82, 2.24) is 40.5 Å². The molecule has 5 aromatic rings. The zero-order valence-corrected chi connectivity index (χ0v) is 20.0. The van der Waals surface area contributed by atoms with E-state index in [0.29, 0.717) is 12.1 Å². The van der Waals surface area contributed by atoms with E-state index in [1.807, 2.05) is 24.8 Å². The van der Waals surface area contributed by atoms with Gasteiger partial charge in [-0.25, -0.2) is 9.97 Å². The van der Waals surface area contributed by atoms with Gasteiger partial charge in [0.1, 0.15) is 11.6 Å². The normalized spacial score (nSPS) is 19.9. The number of hydrogen-bond donors (Lipinski definition) is 4. The molecule has 4 aromatic heterocycles. The molecule has 36 heavy (non-hydrogen) atoms. The number of aromatic amines is 2. The van der Waals surface area contributed by atoms with Crippen LogP contribution in [0, 0.1) is 0 Å². The van der Waals surface area contributed by atoms with Crippen LogP contribution in [0.2, 0.25) is 0 Å². The molecule has 4 N–H and O–H groups in total. The van der Waals surface area contributed by atoms with Gasteiger partial charge in [0.25, 0.3) is 0 Å². The maximum absolute atomic E-state index is 4.75. The van der Waals surface area contributed by atoms with Crippen LogP contribution in [0.15, 0.2) is 61.2 Å².